The van der Waals surface area contributed by atoms with Crippen molar-refractivity contribution in [1.82, 2.24) is 19.9 Å². The first kappa shape index (κ1) is 43.1. The number of carbonyl (C=O) groups excluding carboxylic acids is 4. The minimum atomic E-state index is -5.35. The third-order valence-corrected chi connectivity index (χ3v) is 14.0. The Morgan fingerprint density at radius 2 is 1.72 bits per heavy atom. The van der Waals surface area contributed by atoms with E-state index >= 15 is 0 Å². The summed E-state index contributed by atoms with van der Waals surface area (Å²) in [5.41, 5.74) is -1.46. The van der Waals surface area contributed by atoms with Crippen LogP contribution in [0.1, 0.15) is 71.1 Å². The van der Waals surface area contributed by atoms with Crippen molar-refractivity contribution in [3.63, 3.8) is 0 Å². The molecule has 3 heterocycles. The van der Waals surface area contributed by atoms with Crippen LogP contribution in [0.2, 0.25) is 0 Å². The number of ketones is 1. The Bertz CT molecular complexity index is 2350. The van der Waals surface area contributed by atoms with Gasteiger partial charge in [-0.05, 0) is 75.0 Å². The number of carbonyl (C=O) groups is 4. The fraction of sp³-hybridized carbons (Fsp3) is 0.525. The maximum Gasteiger partial charge on any atom is 0.573 e. The summed E-state index contributed by atoms with van der Waals surface area (Å²) in [5.74, 6) is -5.57. The predicted molar refractivity (Wildman–Crippen MR) is 202 cm³/mol. The quantitative estimate of drug-likeness (QED) is 0.148. The molecule has 2 aromatic carbocycles. The standard InChI is InChI=1S/C40H42F6N4O9S/c1-37(15-16-37)60(56,57)49-36(55)38-19-22(38)9-5-3-2-4-6-12-28(47-33(53)32(52)39(41,42)43)35(54)50-21-24(18-30(50)31(51)20-38)58-34-27-11-8-7-10-25(27)26-14-13-23(17-29(26)48-34)59-40(44,45)46/h5,7-11,13-14,17,22,24,28,30,32,52H,2-4,6,12,15-16,18-21H2,1H3,(H,47,53)(H,49,55)/b9-5-/t22-,24-,28+,30+,32+,38-/m1/s1. The van der Waals surface area contributed by atoms with Crippen LogP contribution in [0, 0.1) is 11.3 Å². The van der Waals surface area contributed by atoms with E-state index in [4.69, 9.17) is 4.74 Å². The second-order valence-corrected chi connectivity index (χ2v) is 18.4. The second-order valence-electron chi connectivity index (χ2n) is 16.2. The zero-order chi connectivity index (χ0) is 43.4. The highest BCUT2D eigenvalue weighted by Crippen LogP contribution is 2.57. The summed E-state index contributed by atoms with van der Waals surface area (Å²) in [6, 6.07) is 7.21. The third-order valence-electron chi connectivity index (χ3n) is 11.9. The summed E-state index contributed by atoms with van der Waals surface area (Å²) in [5, 5.41) is 13.1. The van der Waals surface area contributed by atoms with Crippen LogP contribution in [0.5, 0.6) is 11.6 Å². The number of fused-ring (bicyclic) bond motifs is 5. The first-order valence-electron chi connectivity index (χ1n) is 19.5. The first-order valence-corrected chi connectivity index (χ1v) is 21.0. The molecule has 2 aliphatic carbocycles. The molecular weight excluding hydrogens is 827 g/mol. The van der Waals surface area contributed by atoms with E-state index in [0.29, 0.717) is 48.3 Å². The molecule has 0 unspecified atom stereocenters. The summed E-state index contributed by atoms with van der Waals surface area (Å²) in [7, 11) is -4.11. The molecule has 0 radical (unpaired) electrons. The van der Waals surface area contributed by atoms with Crippen molar-refractivity contribution < 1.29 is 68.5 Å². The van der Waals surface area contributed by atoms with Crippen molar-refractivity contribution in [2.45, 2.75) is 113 Å². The molecule has 3 fully saturated rings. The van der Waals surface area contributed by atoms with Crippen molar-refractivity contribution in [3.05, 3.63) is 54.6 Å². The number of rotatable bonds is 8. The lowest BCUT2D eigenvalue weighted by atomic mass is 9.91. The van der Waals surface area contributed by atoms with Gasteiger partial charge in [-0.3, -0.25) is 23.9 Å². The summed E-state index contributed by atoms with van der Waals surface area (Å²) in [6.45, 7) is 1.12. The van der Waals surface area contributed by atoms with E-state index in [1.165, 1.54) is 13.0 Å². The number of halogens is 6. The number of nitrogens with one attached hydrogen (secondary N) is 2. The number of hydrogen-bond acceptors (Lipinski definition) is 10. The number of pyridine rings is 1. The predicted octanol–water partition coefficient (Wildman–Crippen LogP) is 5.53. The van der Waals surface area contributed by atoms with Gasteiger partial charge in [0.1, 0.15) is 17.9 Å². The molecule has 3 aromatic rings. The number of alkyl halides is 6. The van der Waals surface area contributed by atoms with E-state index in [1.807, 2.05) is 5.32 Å². The average molecular weight is 869 g/mol. The maximum atomic E-state index is 14.5. The molecule has 2 saturated carbocycles. The first-order chi connectivity index (χ1) is 28.1. The minimum Gasteiger partial charge on any atom is -0.472 e. The van der Waals surface area contributed by atoms with Crippen LogP contribution in [0.3, 0.4) is 0 Å². The molecule has 6 atom stereocenters. The van der Waals surface area contributed by atoms with Gasteiger partial charge in [-0.1, -0.05) is 43.2 Å². The fourth-order valence-corrected chi connectivity index (χ4v) is 9.37. The maximum absolute atomic E-state index is 14.5. The van der Waals surface area contributed by atoms with Crippen molar-refractivity contribution in [3.8, 4) is 11.6 Å². The number of benzene rings is 2. The molecule has 3 N–H and O–H groups in total. The van der Waals surface area contributed by atoms with Gasteiger partial charge in [-0.15, -0.1) is 13.2 Å². The smallest absolute Gasteiger partial charge is 0.472 e. The summed E-state index contributed by atoms with van der Waals surface area (Å²) >= 11 is 0. The number of Topliss-reactive ketones (excluding diaryl/α,β-unsaturated/α-hetero) is 1. The van der Waals surface area contributed by atoms with Gasteiger partial charge in [0.2, 0.25) is 33.8 Å². The molecule has 3 amide bonds. The summed E-state index contributed by atoms with van der Waals surface area (Å²) in [6.07, 6.45) is -9.69. The second kappa shape index (κ2) is 15.8. The molecule has 0 spiro atoms. The molecule has 7 rings (SSSR count). The topological polar surface area (TPSA) is 181 Å². The number of nitrogens with zero attached hydrogens (tertiary/aromatic N) is 2. The highest BCUT2D eigenvalue weighted by Gasteiger charge is 2.63. The highest BCUT2D eigenvalue weighted by atomic mass is 32.2. The van der Waals surface area contributed by atoms with E-state index in [9.17, 15) is 59.0 Å². The van der Waals surface area contributed by atoms with Crippen LogP contribution in [0.25, 0.3) is 21.7 Å². The lowest BCUT2D eigenvalue weighted by molar-refractivity contribution is -0.274. The number of amides is 3. The van der Waals surface area contributed by atoms with Crippen LogP contribution in [-0.4, -0.2) is 95.0 Å². The average Bonchev–Trinajstić information content (AvgIpc) is 4.05. The normalized spacial score (nSPS) is 27.2. The molecule has 324 valence electrons. The number of aromatic nitrogens is 1. The number of sulfonamides is 1. The monoisotopic (exact) mass is 868 g/mol. The van der Waals surface area contributed by atoms with Gasteiger partial charge in [-0.2, -0.15) is 13.2 Å². The minimum absolute atomic E-state index is 0.0484. The van der Waals surface area contributed by atoms with Gasteiger partial charge in [0.05, 0.1) is 28.3 Å². The molecule has 60 heavy (non-hydrogen) atoms. The Hall–Kier alpha value is -4.98. The van der Waals surface area contributed by atoms with Crippen molar-refractivity contribution >= 4 is 55.2 Å². The lowest BCUT2D eigenvalue weighted by Gasteiger charge is -2.30. The molecular formula is C40H42F6N4O9S. The molecule has 0 bridgehead atoms. The van der Waals surface area contributed by atoms with Gasteiger partial charge in [0.15, 0.2) is 5.78 Å². The number of hydrogen-bond donors (Lipinski definition) is 3. The molecule has 4 aliphatic rings. The number of aliphatic hydroxyl groups is 1. The van der Waals surface area contributed by atoms with Gasteiger partial charge in [0, 0.05) is 29.7 Å². The fourth-order valence-electron chi connectivity index (χ4n) is 8.04. The van der Waals surface area contributed by atoms with E-state index < -0.39 is 98.6 Å². The van der Waals surface area contributed by atoms with Gasteiger partial charge >= 0.3 is 12.5 Å². The zero-order valence-electron chi connectivity index (χ0n) is 32.1. The van der Waals surface area contributed by atoms with Gasteiger partial charge in [0.25, 0.3) is 5.91 Å². The Balaban J connectivity index is 1.24. The Morgan fingerprint density at radius 3 is 2.40 bits per heavy atom. The highest BCUT2D eigenvalue weighted by molar-refractivity contribution is 7.91. The SMILES string of the molecule is CC1(S(=O)(=O)NC(=O)[C@]23CC(=O)[C@@H]4C[C@@H](Oc5nc6cc(OC(F)(F)F)ccc6c6ccccc56)CN4C(=O)[C@@H](NC(=O)[C@H](O)C(F)(F)F)CCCCC/C=C\[C@@H]2C3)CC1. The van der Waals surface area contributed by atoms with Crippen LogP contribution >= 0.6 is 0 Å². The Kier molecular flexibility index (Phi) is 11.4. The molecule has 20 heteroatoms. The van der Waals surface area contributed by atoms with Gasteiger partial charge in [-0.25, -0.2) is 13.4 Å². The Labute approximate surface area is 339 Å². The zero-order valence-corrected chi connectivity index (χ0v) is 33.0. The molecule has 2 aliphatic heterocycles. The van der Waals surface area contributed by atoms with Crippen LogP contribution in [-0.2, 0) is 29.2 Å². The van der Waals surface area contributed by atoms with Crippen LogP contribution in [0.4, 0.5) is 26.3 Å². The molecule has 13 nitrogen and oxygen atoms in total. The summed E-state index contributed by atoms with van der Waals surface area (Å²) < 4.78 is 117. The number of allylic oxidation sites excluding steroid dienone is 2. The van der Waals surface area contributed by atoms with Crippen LogP contribution < -0.4 is 19.5 Å². The molecule has 1 aromatic heterocycles. The van der Waals surface area contributed by atoms with Crippen molar-refractivity contribution in [1.29, 1.82) is 0 Å². The number of ether oxygens (including phenoxy) is 2. The lowest BCUT2D eigenvalue weighted by Crippen LogP contribution is -2.55. The Morgan fingerprint density at radius 1 is 1.00 bits per heavy atom. The van der Waals surface area contributed by atoms with Crippen molar-refractivity contribution in [2.75, 3.05) is 6.54 Å². The molecule has 1 saturated heterocycles. The third kappa shape index (κ3) is 8.89. The van der Waals surface area contributed by atoms with E-state index in [-0.39, 0.29) is 43.6 Å². The van der Waals surface area contributed by atoms with E-state index in [2.05, 4.69) is 14.4 Å². The van der Waals surface area contributed by atoms with Crippen molar-refractivity contribution in [2.24, 2.45) is 11.3 Å². The number of aliphatic hydroxyl groups excluding tert-OH is 1. The largest absolute Gasteiger partial charge is 0.573 e. The van der Waals surface area contributed by atoms with E-state index in [1.54, 1.807) is 36.4 Å². The van der Waals surface area contributed by atoms with Crippen LogP contribution in [0.15, 0.2) is 54.6 Å². The summed E-state index contributed by atoms with van der Waals surface area (Å²) in [4.78, 5) is 61.0. The van der Waals surface area contributed by atoms with Gasteiger partial charge < -0.3 is 24.8 Å². The van der Waals surface area contributed by atoms with E-state index in [0.717, 1.165) is 17.0 Å².